The third-order valence-corrected chi connectivity index (χ3v) is 2.90. The molecule has 17 heavy (non-hydrogen) atoms. The van der Waals surface area contributed by atoms with Crippen LogP contribution in [-0.4, -0.2) is 12.5 Å². The first-order valence-corrected chi connectivity index (χ1v) is 6.28. The maximum absolute atomic E-state index is 11.8. The number of benzene rings is 1. The van der Waals surface area contributed by atoms with Crippen LogP contribution in [0.15, 0.2) is 24.3 Å². The van der Waals surface area contributed by atoms with E-state index in [1.54, 1.807) is 0 Å². The fraction of sp³-hybridized carbons (Fsp3) is 0.500. The van der Waals surface area contributed by atoms with Crippen LogP contribution in [0.4, 0.5) is 5.69 Å². The maximum atomic E-state index is 11.8. The van der Waals surface area contributed by atoms with Crippen molar-refractivity contribution in [3.8, 4) is 0 Å². The van der Waals surface area contributed by atoms with E-state index in [0.717, 1.165) is 30.8 Å². The highest BCUT2D eigenvalue weighted by molar-refractivity contribution is 5.92. The zero-order chi connectivity index (χ0) is 12.7. The van der Waals surface area contributed by atoms with Crippen LogP contribution >= 0.6 is 0 Å². The molecule has 1 unspecified atom stereocenters. The van der Waals surface area contributed by atoms with Crippen molar-refractivity contribution in [2.75, 3.05) is 11.9 Å². The number of para-hydroxylation sites is 1. The Bertz CT molecular complexity index is 363. The summed E-state index contributed by atoms with van der Waals surface area (Å²) in [6.45, 7) is 7.75. The summed E-state index contributed by atoms with van der Waals surface area (Å²) in [7, 11) is 0. The van der Waals surface area contributed by atoms with Crippen LogP contribution in [0.25, 0.3) is 0 Å². The van der Waals surface area contributed by atoms with Crippen LogP contribution in [0.5, 0.6) is 0 Å². The van der Waals surface area contributed by atoms with E-state index in [1.807, 2.05) is 38.1 Å². The maximum Gasteiger partial charge on any atom is 0.227 e. The first-order valence-electron chi connectivity index (χ1n) is 6.28. The lowest BCUT2D eigenvalue weighted by Gasteiger charge is -2.14. The van der Waals surface area contributed by atoms with Gasteiger partial charge in [0.2, 0.25) is 5.91 Å². The molecule has 0 bridgehead atoms. The summed E-state index contributed by atoms with van der Waals surface area (Å²) in [6, 6.07) is 7.93. The fourth-order valence-electron chi connectivity index (χ4n) is 1.50. The highest BCUT2D eigenvalue weighted by atomic mass is 16.1. The van der Waals surface area contributed by atoms with Gasteiger partial charge in [0.25, 0.3) is 0 Å². The van der Waals surface area contributed by atoms with Gasteiger partial charge >= 0.3 is 0 Å². The van der Waals surface area contributed by atoms with Crippen LogP contribution < -0.4 is 10.6 Å². The molecule has 0 aromatic heterocycles. The smallest absolute Gasteiger partial charge is 0.227 e. The molecule has 0 saturated heterocycles. The highest BCUT2D eigenvalue weighted by Gasteiger charge is 2.11. The Balaban J connectivity index is 2.72. The second-order valence-electron chi connectivity index (χ2n) is 4.24. The third kappa shape index (κ3) is 4.19. The molecule has 3 heteroatoms. The van der Waals surface area contributed by atoms with Crippen LogP contribution in [0.1, 0.15) is 32.8 Å². The number of anilines is 1. The van der Waals surface area contributed by atoms with Crippen molar-refractivity contribution in [2.45, 2.75) is 33.7 Å². The molecule has 0 heterocycles. The van der Waals surface area contributed by atoms with Gasteiger partial charge < -0.3 is 10.6 Å². The minimum atomic E-state index is 0.0576. The molecule has 0 aliphatic carbocycles. The summed E-state index contributed by atoms with van der Waals surface area (Å²) in [6.07, 6.45) is 0.862. The monoisotopic (exact) mass is 234 g/mol. The zero-order valence-corrected chi connectivity index (χ0v) is 10.9. The predicted molar refractivity (Wildman–Crippen MR) is 71.9 cm³/mol. The normalized spacial score (nSPS) is 12.2. The Kier molecular flexibility index (Phi) is 5.70. The highest BCUT2D eigenvalue weighted by Crippen LogP contribution is 2.16. The standard InChI is InChI=1S/C14H22N2O/c1-4-11(3)14(17)16-13-9-7-6-8-12(13)10-15-5-2/h6-9,11,15H,4-5,10H2,1-3H3,(H,16,17). The minimum Gasteiger partial charge on any atom is -0.326 e. The second kappa shape index (κ2) is 7.07. The molecule has 94 valence electrons. The quantitative estimate of drug-likeness (QED) is 0.794. The number of rotatable bonds is 6. The molecule has 0 saturated carbocycles. The number of amides is 1. The van der Waals surface area contributed by atoms with E-state index in [4.69, 9.17) is 0 Å². The summed E-state index contributed by atoms with van der Waals surface area (Å²) in [4.78, 5) is 11.8. The molecule has 1 aromatic rings. The van der Waals surface area contributed by atoms with E-state index in [2.05, 4.69) is 17.6 Å². The first-order chi connectivity index (χ1) is 8.19. The van der Waals surface area contributed by atoms with Gasteiger partial charge in [-0.05, 0) is 24.6 Å². The molecule has 0 fully saturated rings. The van der Waals surface area contributed by atoms with Gasteiger partial charge in [-0.3, -0.25) is 4.79 Å². The number of hydrogen-bond acceptors (Lipinski definition) is 2. The van der Waals surface area contributed by atoms with Crippen molar-refractivity contribution >= 4 is 11.6 Å². The number of hydrogen-bond donors (Lipinski definition) is 2. The van der Waals surface area contributed by atoms with E-state index in [9.17, 15) is 4.79 Å². The third-order valence-electron chi connectivity index (χ3n) is 2.90. The van der Waals surface area contributed by atoms with Gasteiger partial charge in [-0.15, -0.1) is 0 Å². The molecular weight excluding hydrogens is 212 g/mol. The van der Waals surface area contributed by atoms with E-state index in [-0.39, 0.29) is 11.8 Å². The number of carbonyl (C=O) groups excluding carboxylic acids is 1. The van der Waals surface area contributed by atoms with Crippen molar-refractivity contribution in [3.63, 3.8) is 0 Å². The van der Waals surface area contributed by atoms with Gasteiger partial charge in [0.1, 0.15) is 0 Å². The molecule has 1 aromatic carbocycles. The van der Waals surface area contributed by atoms with Crippen LogP contribution in [0.2, 0.25) is 0 Å². The van der Waals surface area contributed by atoms with Gasteiger partial charge in [0.05, 0.1) is 0 Å². The van der Waals surface area contributed by atoms with Crippen LogP contribution in [0.3, 0.4) is 0 Å². The SMILES string of the molecule is CCNCc1ccccc1NC(=O)C(C)CC. The summed E-state index contributed by atoms with van der Waals surface area (Å²) in [5.74, 6) is 0.152. The van der Waals surface area contributed by atoms with Gasteiger partial charge in [0.15, 0.2) is 0 Å². The largest absolute Gasteiger partial charge is 0.326 e. The van der Waals surface area contributed by atoms with Crippen LogP contribution in [0, 0.1) is 5.92 Å². The molecule has 1 atom stereocenters. The Hall–Kier alpha value is -1.35. The molecule has 1 amide bonds. The Labute approximate surface area is 104 Å². The molecule has 0 aliphatic heterocycles. The lowest BCUT2D eigenvalue weighted by atomic mass is 10.1. The lowest BCUT2D eigenvalue weighted by molar-refractivity contribution is -0.119. The molecule has 0 radical (unpaired) electrons. The van der Waals surface area contributed by atoms with E-state index < -0.39 is 0 Å². The molecule has 0 aliphatic rings. The lowest BCUT2D eigenvalue weighted by Crippen LogP contribution is -2.21. The van der Waals surface area contributed by atoms with E-state index in [0.29, 0.717) is 0 Å². The Morgan fingerprint density at radius 3 is 2.65 bits per heavy atom. The molecule has 1 rings (SSSR count). The summed E-state index contributed by atoms with van der Waals surface area (Å²) >= 11 is 0. The zero-order valence-electron chi connectivity index (χ0n) is 10.9. The minimum absolute atomic E-state index is 0.0576. The molecular formula is C14H22N2O. The summed E-state index contributed by atoms with van der Waals surface area (Å²) in [5.41, 5.74) is 2.05. The number of carbonyl (C=O) groups is 1. The van der Waals surface area contributed by atoms with Crippen molar-refractivity contribution < 1.29 is 4.79 Å². The fourth-order valence-corrected chi connectivity index (χ4v) is 1.50. The van der Waals surface area contributed by atoms with Gasteiger partial charge in [-0.25, -0.2) is 0 Å². The Morgan fingerprint density at radius 1 is 1.29 bits per heavy atom. The van der Waals surface area contributed by atoms with Gasteiger partial charge in [-0.1, -0.05) is 39.0 Å². The topological polar surface area (TPSA) is 41.1 Å². The molecule has 3 nitrogen and oxygen atoms in total. The number of nitrogens with one attached hydrogen (secondary N) is 2. The van der Waals surface area contributed by atoms with Crippen molar-refractivity contribution in [1.82, 2.24) is 5.32 Å². The van der Waals surface area contributed by atoms with Crippen molar-refractivity contribution in [1.29, 1.82) is 0 Å². The average Bonchev–Trinajstić information content (AvgIpc) is 2.36. The molecule has 2 N–H and O–H groups in total. The first kappa shape index (κ1) is 13.7. The Morgan fingerprint density at radius 2 is 2.00 bits per heavy atom. The second-order valence-corrected chi connectivity index (χ2v) is 4.24. The van der Waals surface area contributed by atoms with Gasteiger partial charge in [0, 0.05) is 18.2 Å². The summed E-state index contributed by atoms with van der Waals surface area (Å²) < 4.78 is 0. The van der Waals surface area contributed by atoms with Crippen LogP contribution in [-0.2, 0) is 11.3 Å². The summed E-state index contributed by atoms with van der Waals surface area (Å²) in [5, 5.41) is 6.26. The van der Waals surface area contributed by atoms with E-state index in [1.165, 1.54) is 0 Å². The molecule has 0 spiro atoms. The van der Waals surface area contributed by atoms with E-state index >= 15 is 0 Å². The average molecular weight is 234 g/mol. The van der Waals surface area contributed by atoms with Gasteiger partial charge in [-0.2, -0.15) is 0 Å². The van der Waals surface area contributed by atoms with Crippen molar-refractivity contribution in [3.05, 3.63) is 29.8 Å². The van der Waals surface area contributed by atoms with Crippen molar-refractivity contribution in [2.24, 2.45) is 5.92 Å². The predicted octanol–water partition coefficient (Wildman–Crippen LogP) is 2.78.